The fourth-order valence-corrected chi connectivity index (χ4v) is 1.47. The molecule has 0 spiro atoms. The van der Waals surface area contributed by atoms with Crippen molar-refractivity contribution in [1.82, 2.24) is 0 Å². The average molecular weight is 176 g/mol. The molecule has 4 heteroatoms. The number of alkyl halides is 1. The van der Waals surface area contributed by atoms with Crippen molar-refractivity contribution in [2.75, 3.05) is 13.3 Å². The summed E-state index contributed by atoms with van der Waals surface area (Å²) < 4.78 is 17.1. The van der Waals surface area contributed by atoms with E-state index in [4.69, 9.17) is 9.84 Å². The molecule has 1 heterocycles. The monoisotopic (exact) mass is 176 g/mol. The van der Waals surface area contributed by atoms with Crippen molar-refractivity contribution in [2.24, 2.45) is 0 Å². The Balaban J connectivity index is 2.49. The summed E-state index contributed by atoms with van der Waals surface area (Å²) in [4.78, 5) is 10.6. The van der Waals surface area contributed by atoms with E-state index >= 15 is 0 Å². The van der Waals surface area contributed by atoms with Gasteiger partial charge in [-0.25, -0.2) is 4.39 Å². The second-order valence-corrected chi connectivity index (χ2v) is 3.15. The predicted molar refractivity (Wildman–Crippen MR) is 40.6 cm³/mol. The molecular formula is C8H13FO3. The lowest BCUT2D eigenvalue weighted by molar-refractivity contribution is -0.129. The smallest absolute Gasteiger partial charge is 0.151 e. The summed E-state index contributed by atoms with van der Waals surface area (Å²) in [5.74, 6) is 0. The van der Waals surface area contributed by atoms with E-state index in [0.29, 0.717) is 19.3 Å². The number of carbonyl (C=O) groups is 1. The highest BCUT2D eigenvalue weighted by molar-refractivity contribution is 5.63. The summed E-state index contributed by atoms with van der Waals surface area (Å²) in [5, 5.41) is 9.00. The molecule has 1 fully saturated rings. The number of ether oxygens (including phenoxy) is 1. The Morgan fingerprint density at radius 2 is 2.50 bits per heavy atom. The lowest BCUT2D eigenvalue weighted by Crippen LogP contribution is -2.35. The molecule has 12 heavy (non-hydrogen) atoms. The Morgan fingerprint density at radius 1 is 1.75 bits per heavy atom. The molecule has 1 saturated heterocycles. The Bertz CT molecular complexity index is 154. The molecule has 2 atom stereocenters. The number of carbonyl (C=O) groups excluding carboxylic acids is 1. The van der Waals surface area contributed by atoms with Crippen molar-refractivity contribution in [3.8, 4) is 0 Å². The van der Waals surface area contributed by atoms with E-state index in [1.807, 2.05) is 0 Å². The van der Waals surface area contributed by atoms with Crippen LogP contribution < -0.4 is 0 Å². The highest BCUT2D eigenvalue weighted by atomic mass is 19.1. The van der Waals surface area contributed by atoms with Crippen LogP contribution in [0.1, 0.15) is 19.3 Å². The highest BCUT2D eigenvalue weighted by Gasteiger charge is 2.36. The molecule has 0 amide bonds. The van der Waals surface area contributed by atoms with Gasteiger partial charge in [-0.1, -0.05) is 0 Å². The first-order chi connectivity index (χ1) is 5.72. The van der Waals surface area contributed by atoms with E-state index < -0.39 is 18.4 Å². The zero-order valence-electron chi connectivity index (χ0n) is 6.83. The molecule has 1 N–H and O–H groups in total. The van der Waals surface area contributed by atoms with Crippen molar-refractivity contribution >= 4 is 6.29 Å². The summed E-state index contributed by atoms with van der Waals surface area (Å²) in [6.45, 7) is -0.295. The average Bonchev–Trinajstić information content (AvgIpc) is 2.54. The van der Waals surface area contributed by atoms with E-state index in [-0.39, 0.29) is 6.42 Å². The van der Waals surface area contributed by atoms with Crippen LogP contribution in [0.2, 0.25) is 0 Å². The van der Waals surface area contributed by atoms with Crippen molar-refractivity contribution in [3.05, 3.63) is 0 Å². The first-order valence-corrected chi connectivity index (χ1v) is 4.07. The van der Waals surface area contributed by atoms with Crippen LogP contribution in [0.4, 0.5) is 4.39 Å². The first-order valence-electron chi connectivity index (χ1n) is 4.07. The molecule has 1 rings (SSSR count). The Morgan fingerprint density at radius 3 is 2.92 bits per heavy atom. The van der Waals surface area contributed by atoms with Gasteiger partial charge in [-0.3, -0.25) is 0 Å². The third kappa shape index (κ3) is 2.01. The van der Waals surface area contributed by atoms with Crippen molar-refractivity contribution in [1.29, 1.82) is 0 Å². The van der Waals surface area contributed by atoms with Crippen LogP contribution in [0.25, 0.3) is 0 Å². The number of halogens is 1. The standard InChI is InChI=1S/C8H13FO3/c9-5-7(11)4-8(6-10)2-1-3-12-8/h6-7,11H,1-5H2. The Labute approximate surface area is 70.5 Å². The molecule has 0 aromatic rings. The van der Waals surface area contributed by atoms with E-state index in [1.165, 1.54) is 0 Å². The number of hydrogen-bond acceptors (Lipinski definition) is 3. The summed E-state index contributed by atoms with van der Waals surface area (Å²) in [6, 6.07) is 0. The van der Waals surface area contributed by atoms with Crippen molar-refractivity contribution < 1.29 is 19.0 Å². The molecule has 70 valence electrons. The summed E-state index contributed by atoms with van der Waals surface area (Å²) in [7, 11) is 0. The number of aliphatic hydroxyl groups is 1. The molecule has 0 aromatic carbocycles. The largest absolute Gasteiger partial charge is 0.390 e. The predicted octanol–water partition coefficient (Wildman–Crippen LogP) is 0.455. The first kappa shape index (κ1) is 9.61. The summed E-state index contributed by atoms with van der Waals surface area (Å²) in [6.07, 6.45) is 1.07. The Kier molecular flexibility index (Phi) is 3.17. The van der Waals surface area contributed by atoms with E-state index in [9.17, 15) is 9.18 Å². The highest BCUT2D eigenvalue weighted by Crippen LogP contribution is 2.28. The molecular weight excluding hydrogens is 163 g/mol. The van der Waals surface area contributed by atoms with Crippen LogP contribution in [0.3, 0.4) is 0 Å². The molecule has 3 nitrogen and oxygen atoms in total. The maximum absolute atomic E-state index is 11.9. The molecule has 1 aliphatic rings. The maximum Gasteiger partial charge on any atom is 0.151 e. The van der Waals surface area contributed by atoms with Crippen LogP contribution in [-0.2, 0) is 9.53 Å². The summed E-state index contributed by atoms with van der Waals surface area (Å²) in [5.41, 5.74) is -0.911. The fraction of sp³-hybridized carbons (Fsp3) is 0.875. The van der Waals surface area contributed by atoms with E-state index in [2.05, 4.69) is 0 Å². The number of hydrogen-bond donors (Lipinski definition) is 1. The van der Waals surface area contributed by atoms with Gasteiger partial charge in [-0.2, -0.15) is 0 Å². The van der Waals surface area contributed by atoms with Gasteiger partial charge in [0.1, 0.15) is 12.3 Å². The molecule has 0 radical (unpaired) electrons. The lowest BCUT2D eigenvalue weighted by Gasteiger charge is -2.22. The van der Waals surface area contributed by atoms with Gasteiger partial charge >= 0.3 is 0 Å². The molecule has 2 unspecified atom stereocenters. The van der Waals surface area contributed by atoms with Gasteiger partial charge in [0.25, 0.3) is 0 Å². The van der Waals surface area contributed by atoms with Gasteiger partial charge in [-0.15, -0.1) is 0 Å². The van der Waals surface area contributed by atoms with Crippen LogP contribution in [0.15, 0.2) is 0 Å². The van der Waals surface area contributed by atoms with Crippen LogP contribution in [0, 0.1) is 0 Å². The molecule has 0 aromatic heterocycles. The zero-order chi connectivity index (χ0) is 9.03. The van der Waals surface area contributed by atoms with E-state index in [1.54, 1.807) is 0 Å². The number of aldehydes is 1. The fourth-order valence-electron chi connectivity index (χ4n) is 1.47. The van der Waals surface area contributed by atoms with Crippen molar-refractivity contribution in [3.63, 3.8) is 0 Å². The topological polar surface area (TPSA) is 46.5 Å². The molecule has 0 aliphatic carbocycles. The van der Waals surface area contributed by atoms with Crippen LogP contribution >= 0.6 is 0 Å². The lowest BCUT2D eigenvalue weighted by atomic mass is 9.95. The van der Waals surface area contributed by atoms with Crippen LogP contribution in [-0.4, -0.2) is 36.4 Å². The third-order valence-corrected chi connectivity index (χ3v) is 2.11. The minimum atomic E-state index is -1.08. The second kappa shape index (κ2) is 3.96. The molecule has 0 saturated carbocycles. The van der Waals surface area contributed by atoms with Crippen LogP contribution in [0.5, 0.6) is 0 Å². The third-order valence-electron chi connectivity index (χ3n) is 2.11. The van der Waals surface area contributed by atoms with Gasteiger partial charge in [0.2, 0.25) is 0 Å². The summed E-state index contributed by atoms with van der Waals surface area (Å²) >= 11 is 0. The Hall–Kier alpha value is -0.480. The van der Waals surface area contributed by atoms with Gasteiger partial charge in [0, 0.05) is 13.0 Å². The molecule has 1 aliphatic heterocycles. The zero-order valence-corrected chi connectivity index (χ0v) is 6.83. The minimum Gasteiger partial charge on any atom is -0.390 e. The normalized spacial score (nSPS) is 31.8. The van der Waals surface area contributed by atoms with Crippen molar-refractivity contribution in [2.45, 2.75) is 31.0 Å². The number of aliphatic hydroxyl groups excluding tert-OH is 1. The second-order valence-electron chi connectivity index (χ2n) is 3.15. The van der Waals surface area contributed by atoms with Gasteiger partial charge in [0.15, 0.2) is 6.29 Å². The minimum absolute atomic E-state index is 0.0764. The van der Waals surface area contributed by atoms with Gasteiger partial charge in [0.05, 0.1) is 6.10 Å². The molecule has 0 bridgehead atoms. The quantitative estimate of drug-likeness (QED) is 0.633. The van der Waals surface area contributed by atoms with E-state index in [0.717, 1.165) is 6.42 Å². The van der Waals surface area contributed by atoms with Gasteiger partial charge < -0.3 is 14.6 Å². The SMILES string of the molecule is O=CC1(CC(O)CF)CCCO1. The number of rotatable bonds is 4. The maximum atomic E-state index is 11.9. The van der Waals surface area contributed by atoms with Gasteiger partial charge in [-0.05, 0) is 12.8 Å².